The van der Waals surface area contributed by atoms with Gasteiger partial charge in [0.2, 0.25) is 0 Å². The second kappa shape index (κ2) is 7.31. The van der Waals surface area contributed by atoms with E-state index in [1.807, 2.05) is 30.3 Å². The van der Waals surface area contributed by atoms with Crippen molar-refractivity contribution in [3.63, 3.8) is 0 Å². The molecular weight excluding hydrogens is 324 g/mol. The van der Waals surface area contributed by atoms with Crippen LogP contribution in [0.1, 0.15) is 16.8 Å². The summed E-state index contributed by atoms with van der Waals surface area (Å²) in [6.07, 6.45) is -0.217. The number of aliphatic carboxylic acids is 1. The van der Waals surface area contributed by atoms with Gasteiger partial charge in [-0.05, 0) is 17.7 Å². The summed E-state index contributed by atoms with van der Waals surface area (Å²) in [4.78, 5) is 40.2. The number of amides is 1. The van der Waals surface area contributed by atoms with Gasteiger partial charge in [-0.15, -0.1) is 0 Å². The first-order valence-electron chi connectivity index (χ1n) is 7.95. The van der Waals surface area contributed by atoms with Gasteiger partial charge in [-0.2, -0.15) is 0 Å². The lowest BCUT2D eigenvalue weighted by Crippen LogP contribution is -2.50. The van der Waals surface area contributed by atoms with E-state index in [1.165, 1.54) is 11.0 Å². The third-order valence-electron chi connectivity index (χ3n) is 4.12. The van der Waals surface area contributed by atoms with E-state index in [-0.39, 0.29) is 25.1 Å². The van der Waals surface area contributed by atoms with Gasteiger partial charge in [0, 0.05) is 12.2 Å². The largest absolute Gasteiger partial charge is 0.481 e. The van der Waals surface area contributed by atoms with Gasteiger partial charge in [0.15, 0.2) is 0 Å². The SMILES string of the molecule is O=C(O)CC1COCCN1C(=O)c1ccc(-c2ccccc2)[nH]c1=O. The molecule has 2 heterocycles. The van der Waals surface area contributed by atoms with Crippen LogP contribution in [-0.2, 0) is 9.53 Å². The highest BCUT2D eigenvalue weighted by molar-refractivity contribution is 5.94. The molecule has 2 aromatic rings. The molecule has 7 heteroatoms. The van der Waals surface area contributed by atoms with Crippen molar-refractivity contribution >= 4 is 11.9 Å². The first-order chi connectivity index (χ1) is 12.1. The van der Waals surface area contributed by atoms with Crippen LogP contribution in [0.25, 0.3) is 11.3 Å². The number of carboxylic acid groups (broad SMARTS) is 1. The average Bonchev–Trinajstić information content (AvgIpc) is 2.62. The predicted molar refractivity (Wildman–Crippen MR) is 90.4 cm³/mol. The molecule has 1 aliphatic rings. The Balaban J connectivity index is 1.86. The molecule has 7 nitrogen and oxygen atoms in total. The van der Waals surface area contributed by atoms with E-state index in [2.05, 4.69) is 4.98 Å². The average molecular weight is 342 g/mol. The fraction of sp³-hybridized carbons (Fsp3) is 0.278. The van der Waals surface area contributed by atoms with E-state index < -0.39 is 23.5 Å². The monoisotopic (exact) mass is 342 g/mol. The van der Waals surface area contributed by atoms with Crippen LogP contribution in [0.4, 0.5) is 0 Å². The number of hydrogen-bond acceptors (Lipinski definition) is 4. The Kier molecular flexibility index (Phi) is 4.95. The van der Waals surface area contributed by atoms with Gasteiger partial charge in [-0.3, -0.25) is 14.4 Å². The third kappa shape index (κ3) is 3.77. The van der Waals surface area contributed by atoms with Crippen LogP contribution >= 0.6 is 0 Å². The zero-order chi connectivity index (χ0) is 17.8. The Hall–Kier alpha value is -2.93. The molecular formula is C18H18N2O5. The number of nitrogens with one attached hydrogen (secondary N) is 1. The van der Waals surface area contributed by atoms with E-state index in [0.29, 0.717) is 12.3 Å². The molecule has 0 bridgehead atoms. The fourth-order valence-corrected chi connectivity index (χ4v) is 2.88. The van der Waals surface area contributed by atoms with Crippen molar-refractivity contribution in [3.05, 3.63) is 58.4 Å². The maximum atomic E-state index is 12.7. The van der Waals surface area contributed by atoms with Crippen molar-refractivity contribution in [3.8, 4) is 11.3 Å². The molecule has 25 heavy (non-hydrogen) atoms. The summed E-state index contributed by atoms with van der Waals surface area (Å²) in [5, 5.41) is 8.99. The maximum Gasteiger partial charge on any atom is 0.305 e. The summed E-state index contributed by atoms with van der Waals surface area (Å²) < 4.78 is 5.26. The number of H-pyrrole nitrogens is 1. The van der Waals surface area contributed by atoms with E-state index >= 15 is 0 Å². The molecule has 0 saturated carbocycles. The molecule has 1 aliphatic heterocycles. The van der Waals surface area contributed by atoms with Crippen LogP contribution in [0.3, 0.4) is 0 Å². The molecule has 130 valence electrons. The number of benzene rings is 1. The van der Waals surface area contributed by atoms with Crippen molar-refractivity contribution in [1.82, 2.24) is 9.88 Å². The summed E-state index contributed by atoms with van der Waals surface area (Å²) >= 11 is 0. The topological polar surface area (TPSA) is 99.7 Å². The number of carboxylic acids is 1. The summed E-state index contributed by atoms with van der Waals surface area (Å²) in [5.74, 6) is -1.49. The van der Waals surface area contributed by atoms with Gasteiger partial charge < -0.3 is 19.7 Å². The highest BCUT2D eigenvalue weighted by Crippen LogP contribution is 2.17. The number of carbonyl (C=O) groups excluding carboxylic acids is 1. The minimum atomic E-state index is -1.01. The van der Waals surface area contributed by atoms with Crippen molar-refractivity contribution in [2.24, 2.45) is 0 Å². The molecule has 1 fully saturated rings. The van der Waals surface area contributed by atoms with Crippen LogP contribution < -0.4 is 5.56 Å². The molecule has 0 radical (unpaired) electrons. The first-order valence-corrected chi connectivity index (χ1v) is 7.95. The van der Waals surface area contributed by atoms with Crippen molar-refractivity contribution in [2.75, 3.05) is 19.8 Å². The summed E-state index contributed by atoms with van der Waals surface area (Å²) in [5.41, 5.74) is 0.962. The molecule has 3 rings (SSSR count). The lowest BCUT2D eigenvalue weighted by Gasteiger charge is -2.34. The molecule has 1 saturated heterocycles. The number of hydrogen-bond donors (Lipinski definition) is 2. The molecule has 0 spiro atoms. The van der Waals surface area contributed by atoms with Gasteiger partial charge in [0.1, 0.15) is 5.56 Å². The number of nitrogens with zero attached hydrogens (tertiary/aromatic N) is 1. The van der Waals surface area contributed by atoms with Crippen LogP contribution in [0, 0.1) is 0 Å². The summed E-state index contributed by atoms with van der Waals surface area (Å²) in [6, 6.07) is 11.9. The van der Waals surface area contributed by atoms with Gasteiger partial charge in [0.05, 0.1) is 25.7 Å². The first kappa shape index (κ1) is 16.9. The Morgan fingerprint density at radius 1 is 1.20 bits per heavy atom. The minimum Gasteiger partial charge on any atom is -0.481 e. The molecule has 1 unspecified atom stereocenters. The van der Waals surface area contributed by atoms with E-state index in [0.717, 1.165) is 5.56 Å². The second-order valence-electron chi connectivity index (χ2n) is 5.81. The number of aromatic amines is 1. The molecule has 2 N–H and O–H groups in total. The summed E-state index contributed by atoms with van der Waals surface area (Å²) in [7, 11) is 0. The zero-order valence-electron chi connectivity index (χ0n) is 13.5. The van der Waals surface area contributed by atoms with Gasteiger partial charge in [-0.1, -0.05) is 30.3 Å². The molecule has 1 aromatic heterocycles. The number of carbonyl (C=O) groups is 2. The van der Waals surface area contributed by atoms with Crippen molar-refractivity contribution in [2.45, 2.75) is 12.5 Å². The Morgan fingerprint density at radius 3 is 2.64 bits per heavy atom. The fourth-order valence-electron chi connectivity index (χ4n) is 2.88. The van der Waals surface area contributed by atoms with E-state index in [9.17, 15) is 14.4 Å². The van der Waals surface area contributed by atoms with Crippen molar-refractivity contribution in [1.29, 1.82) is 0 Å². The molecule has 1 aromatic carbocycles. The third-order valence-corrected chi connectivity index (χ3v) is 4.12. The number of ether oxygens (including phenoxy) is 1. The lowest BCUT2D eigenvalue weighted by molar-refractivity contribution is -0.139. The quantitative estimate of drug-likeness (QED) is 0.874. The van der Waals surface area contributed by atoms with Gasteiger partial charge in [-0.25, -0.2) is 0 Å². The highest BCUT2D eigenvalue weighted by Gasteiger charge is 2.30. The van der Waals surface area contributed by atoms with Gasteiger partial charge in [0.25, 0.3) is 11.5 Å². The van der Waals surface area contributed by atoms with Crippen LogP contribution in [-0.4, -0.2) is 52.7 Å². The van der Waals surface area contributed by atoms with Gasteiger partial charge >= 0.3 is 5.97 Å². The van der Waals surface area contributed by atoms with Crippen molar-refractivity contribution < 1.29 is 19.4 Å². The number of morpholine rings is 1. The van der Waals surface area contributed by atoms with E-state index in [4.69, 9.17) is 9.84 Å². The highest BCUT2D eigenvalue weighted by atomic mass is 16.5. The van der Waals surface area contributed by atoms with Crippen LogP contribution in [0.2, 0.25) is 0 Å². The normalized spacial score (nSPS) is 17.3. The molecule has 0 aliphatic carbocycles. The number of aromatic nitrogens is 1. The molecule has 1 amide bonds. The van der Waals surface area contributed by atoms with E-state index in [1.54, 1.807) is 6.07 Å². The Bertz CT molecular complexity index is 831. The zero-order valence-corrected chi connectivity index (χ0v) is 13.5. The maximum absolute atomic E-state index is 12.7. The standard InChI is InChI=1S/C18H18N2O5/c21-16(22)10-13-11-25-9-8-20(13)18(24)14-6-7-15(19-17(14)23)12-4-2-1-3-5-12/h1-7,13H,8-11H2,(H,19,23)(H,21,22). The lowest BCUT2D eigenvalue weighted by atomic mass is 10.1. The predicted octanol–water partition coefficient (Wildman–Crippen LogP) is 1.36. The smallest absolute Gasteiger partial charge is 0.305 e. The molecule has 1 atom stereocenters. The Labute approximate surface area is 143 Å². The minimum absolute atomic E-state index is 0.00281. The van der Waals surface area contributed by atoms with Crippen LogP contribution in [0.15, 0.2) is 47.3 Å². The number of pyridine rings is 1. The van der Waals surface area contributed by atoms with Crippen LogP contribution in [0.5, 0.6) is 0 Å². The Morgan fingerprint density at radius 2 is 1.96 bits per heavy atom. The second-order valence-corrected chi connectivity index (χ2v) is 5.81. The number of rotatable bonds is 4. The summed E-state index contributed by atoms with van der Waals surface area (Å²) in [6.45, 7) is 0.733.